The lowest BCUT2D eigenvalue weighted by molar-refractivity contribution is -0.133. The van der Waals surface area contributed by atoms with Crippen molar-refractivity contribution < 1.29 is 13.2 Å². The molecule has 108 valence electrons. The summed E-state index contributed by atoms with van der Waals surface area (Å²) in [6, 6.07) is -0.297. The maximum atomic E-state index is 12.4. The molecule has 0 aromatic rings. The quantitative estimate of drug-likeness (QED) is 0.787. The molecule has 2 rings (SSSR count). The Kier molecular flexibility index (Phi) is 3.96. The van der Waals surface area contributed by atoms with Crippen molar-refractivity contribution in [3.05, 3.63) is 0 Å². The Bertz CT molecular complexity index is 498. The van der Waals surface area contributed by atoms with Gasteiger partial charge in [-0.15, -0.1) is 0 Å². The lowest BCUT2D eigenvalue weighted by Crippen LogP contribution is -2.37. The minimum absolute atomic E-state index is 0.0307. The van der Waals surface area contributed by atoms with Crippen LogP contribution in [-0.4, -0.2) is 49.1 Å². The van der Waals surface area contributed by atoms with E-state index in [1.54, 1.807) is 0 Å². The minimum Gasteiger partial charge on any atom is -0.330 e. The molecule has 0 aromatic carbocycles. The van der Waals surface area contributed by atoms with Crippen LogP contribution in [-0.2, 0) is 14.6 Å². The van der Waals surface area contributed by atoms with Gasteiger partial charge in [0.1, 0.15) is 0 Å². The molecule has 2 N–H and O–H groups in total. The second kappa shape index (κ2) is 5.20. The van der Waals surface area contributed by atoms with Gasteiger partial charge in [0, 0.05) is 0 Å². The van der Waals surface area contributed by atoms with Crippen LogP contribution in [0.1, 0.15) is 26.7 Å². The van der Waals surface area contributed by atoms with Crippen molar-refractivity contribution in [2.75, 3.05) is 18.1 Å². The third kappa shape index (κ3) is 2.81. The monoisotopic (exact) mass is 287 g/mol. The van der Waals surface area contributed by atoms with Crippen LogP contribution in [0.4, 0.5) is 0 Å². The molecule has 7 heteroatoms. The predicted octanol–water partition coefficient (Wildman–Crippen LogP) is -0.00730. The van der Waals surface area contributed by atoms with Crippen molar-refractivity contribution in [3.63, 3.8) is 0 Å². The highest BCUT2D eigenvalue weighted by Gasteiger charge is 2.43. The number of hydrogen-bond donors (Lipinski definition) is 1. The van der Waals surface area contributed by atoms with E-state index in [0.29, 0.717) is 19.4 Å². The molecule has 1 saturated heterocycles. The summed E-state index contributed by atoms with van der Waals surface area (Å²) in [7, 11) is -3.01. The second-order valence-electron chi connectivity index (χ2n) is 5.55. The zero-order valence-electron chi connectivity index (χ0n) is 11.4. The zero-order valence-corrected chi connectivity index (χ0v) is 12.2. The molecule has 1 fully saturated rings. The van der Waals surface area contributed by atoms with Gasteiger partial charge in [0.05, 0.1) is 29.2 Å². The Labute approximate surface area is 113 Å². The molecule has 2 aliphatic heterocycles. The summed E-state index contributed by atoms with van der Waals surface area (Å²) in [5.74, 6) is -0.00792. The molecule has 0 saturated carbocycles. The fourth-order valence-corrected chi connectivity index (χ4v) is 4.41. The first kappa shape index (κ1) is 14.5. The minimum atomic E-state index is -3.01. The number of rotatable bonds is 4. The number of nitrogens with zero attached hydrogens (tertiary/aromatic N) is 2. The van der Waals surface area contributed by atoms with Crippen LogP contribution >= 0.6 is 0 Å². The zero-order chi connectivity index (χ0) is 14.2. The summed E-state index contributed by atoms with van der Waals surface area (Å²) in [6.07, 6.45) is 1.06. The van der Waals surface area contributed by atoms with Gasteiger partial charge in [-0.3, -0.25) is 4.79 Å². The number of nitrogens with two attached hydrogens (primary N) is 1. The number of carbonyl (C=O) groups is 1. The molecule has 1 amide bonds. The van der Waals surface area contributed by atoms with E-state index in [4.69, 9.17) is 5.73 Å². The molecule has 0 aliphatic carbocycles. The number of amides is 1. The van der Waals surface area contributed by atoms with Crippen molar-refractivity contribution in [1.82, 2.24) is 5.01 Å². The highest BCUT2D eigenvalue weighted by atomic mass is 32.2. The van der Waals surface area contributed by atoms with E-state index < -0.39 is 9.84 Å². The smallest absolute Gasteiger partial charge is 0.251 e. The van der Waals surface area contributed by atoms with E-state index >= 15 is 0 Å². The van der Waals surface area contributed by atoms with Gasteiger partial charge in [-0.2, -0.15) is 5.10 Å². The van der Waals surface area contributed by atoms with Gasteiger partial charge in [-0.1, -0.05) is 13.8 Å². The van der Waals surface area contributed by atoms with E-state index in [2.05, 4.69) is 5.10 Å². The summed E-state index contributed by atoms with van der Waals surface area (Å²) >= 11 is 0. The highest BCUT2D eigenvalue weighted by Crippen LogP contribution is 2.28. The molecule has 19 heavy (non-hydrogen) atoms. The maximum Gasteiger partial charge on any atom is 0.251 e. The molecule has 0 spiro atoms. The third-order valence-electron chi connectivity index (χ3n) is 3.71. The first-order chi connectivity index (χ1) is 8.85. The van der Waals surface area contributed by atoms with E-state index in [0.717, 1.165) is 5.71 Å². The summed E-state index contributed by atoms with van der Waals surface area (Å²) in [5, 5.41) is 5.80. The van der Waals surface area contributed by atoms with E-state index in [1.807, 2.05) is 13.8 Å². The van der Waals surface area contributed by atoms with Crippen molar-refractivity contribution in [1.29, 1.82) is 0 Å². The Morgan fingerprint density at radius 2 is 2.16 bits per heavy atom. The van der Waals surface area contributed by atoms with E-state index in [1.165, 1.54) is 5.01 Å². The van der Waals surface area contributed by atoms with Crippen LogP contribution in [0.15, 0.2) is 5.10 Å². The number of sulfone groups is 1. The first-order valence-corrected chi connectivity index (χ1v) is 8.50. The topological polar surface area (TPSA) is 92.8 Å². The average Bonchev–Trinajstić information content (AvgIpc) is 2.81. The summed E-state index contributed by atoms with van der Waals surface area (Å²) in [5.41, 5.74) is 6.39. The summed E-state index contributed by atoms with van der Waals surface area (Å²) in [6.45, 7) is 4.41. The van der Waals surface area contributed by atoms with Gasteiger partial charge in [-0.05, 0) is 25.3 Å². The van der Waals surface area contributed by atoms with Gasteiger partial charge < -0.3 is 5.73 Å². The lowest BCUT2D eigenvalue weighted by atomic mass is 9.92. The molecule has 0 bridgehead atoms. The fraction of sp³-hybridized carbons (Fsp3) is 0.833. The summed E-state index contributed by atoms with van der Waals surface area (Å²) in [4.78, 5) is 12.4. The van der Waals surface area contributed by atoms with Crippen molar-refractivity contribution in [2.24, 2.45) is 22.7 Å². The van der Waals surface area contributed by atoms with Gasteiger partial charge in [0.2, 0.25) is 0 Å². The molecule has 2 aliphatic rings. The number of hydrogen-bond acceptors (Lipinski definition) is 5. The van der Waals surface area contributed by atoms with Crippen molar-refractivity contribution in [2.45, 2.75) is 32.7 Å². The van der Waals surface area contributed by atoms with Crippen LogP contribution < -0.4 is 5.73 Å². The molecular weight excluding hydrogens is 266 g/mol. The largest absolute Gasteiger partial charge is 0.330 e. The maximum absolute atomic E-state index is 12.4. The SMILES string of the molecule is CC(C)C1=NN(C2CCS(=O)(=O)C2)C(=O)C1CCN. The molecule has 2 unspecified atom stereocenters. The Balaban J connectivity index is 2.21. The normalized spacial score (nSPS) is 30.2. The van der Waals surface area contributed by atoms with Crippen LogP contribution in [0, 0.1) is 11.8 Å². The number of hydrazone groups is 1. The summed E-state index contributed by atoms with van der Waals surface area (Å²) < 4.78 is 23.0. The molecule has 2 heterocycles. The molecule has 0 aromatic heterocycles. The van der Waals surface area contributed by atoms with Gasteiger partial charge >= 0.3 is 0 Å². The highest BCUT2D eigenvalue weighted by molar-refractivity contribution is 7.91. The standard InChI is InChI=1S/C12H21N3O3S/c1-8(2)11-10(3-5-13)12(16)15(14-11)9-4-6-19(17,18)7-9/h8-10H,3-7,13H2,1-2H3. The van der Waals surface area contributed by atoms with E-state index in [-0.39, 0.29) is 35.3 Å². The average molecular weight is 287 g/mol. The van der Waals surface area contributed by atoms with Gasteiger partial charge in [-0.25, -0.2) is 13.4 Å². The Morgan fingerprint density at radius 1 is 1.47 bits per heavy atom. The van der Waals surface area contributed by atoms with Crippen LogP contribution in [0.25, 0.3) is 0 Å². The van der Waals surface area contributed by atoms with Crippen LogP contribution in [0.5, 0.6) is 0 Å². The second-order valence-corrected chi connectivity index (χ2v) is 7.78. The number of carbonyl (C=O) groups excluding carboxylic acids is 1. The Morgan fingerprint density at radius 3 is 2.63 bits per heavy atom. The fourth-order valence-electron chi connectivity index (χ4n) is 2.72. The van der Waals surface area contributed by atoms with Gasteiger partial charge in [0.15, 0.2) is 9.84 Å². The third-order valence-corrected chi connectivity index (χ3v) is 5.46. The van der Waals surface area contributed by atoms with Crippen molar-refractivity contribution in [3.8, 4) is 0 Å². The molecule has 2 atom stereocenters. The molecular formula is C12H21N3O3S. The lowest BCUT2D eigenvalue weighted by Gasteiger charge is -2.19. The predicted molar refractivity (Wildman–Crippen MR) is 73.3 cm³/mol. The molecule has 0 radical (unpaired) electrons. The van der Waals surface area contributed by atoms with Crippen molar-refractivity contribution >= 4 is 21.5 Å². The molecule has 6 nitrogen and oxygen atoms in total. The van der Waals surface area contributed by atoms with Crippen LogP contribution in [0.3, 0.4) is 0 Å². The van der Waals surface area contributed by atoms with Crippen LogP contribution in [0.2, 0.25) is 0 Å². The Hall–Kier alpha value is -0.950. The van der Waals surface area contributed by atoms with E-state index in [9.17, 15) is 13.2 Å². The first-order valence-electron chi connectivity index (χ1n) is 6.67. The van der Waals surface area contributed by atoms with Gasteiger partial charge in [0.25, 0.3) is 5.91 Å².